The lowest BCUT2D eigenvalue weighted by Gasteiger charge is -2.14. The Labute approximate surface area is 174 Å². The fourth-order valence-electron chi connectivity index (χ4n) is 3.35. The molecule has 1 fully saturated rings. The van der Waals surface area contributed by atoms with Crippen LogP contribution >= 0.6 is 11.6 Å². The Bertz CT molecular complexity index is 1190. The van der Waals surface area contributed by atoms with Crippen LogP contribution in [0.4, 0.5) is 18.9 Å². The number of amides is 1. The van der Waals surface area contributed by atoms with Crippen molar-refractivity contribution in [1.82, 2.24) is 9.55 Å². The van der Waals surface area contributed by atoms with Gasteiger partial charge >= 0.3 is 6.18 Å². The van der Waals surface area contributed by atoms with Gasteiger partial charge in [0.05, 0.1) is 21.5 Å². The van der Waals surface area contributed by atoms with Gasteiger partial charge in [-0.25, -0.2) is 4.98 Å². The van der Waals surface area contributed by atoms with Crippen LogP contribution in [0.3, 0.4) is 0 Å². The number of para-hydroxylation sites is 1. The van der Waals surface area contributed by atoms with Crippen molar-refractivity contribution in [2.45, 2.75) is 37.9 Å². The van der Waals surface area contributed by atoms with Crippen LogP contribution in [0.15, 0.2) is 47.3 Å². The first-order valence-corrected chi connectivity index (χ1v) is 9.78. The maximum Gasteiger partial charge on any atom is 0.417 e. The molecule has 0 unspecified atom stereocenters. The molecule has 156 valence electrons. The lowest BCUT2D eigenvalue weighted by molar-refractivity contribution is -0.137. The van der Waals surface area contributed by atoms with Crippen molar-refractivity contribution in [2.24, 2.45) is 0 Å². The van der Waals surface area contributed by atoms with Gasteiger partial charge in [0.25, 0.3) is 5.56 Å². The normalized spacial score (nSPS) is 14.1. The Morgan fingerprint density at radius 1 is 1.20 bits per heavy atom. The van der Waals surface area contributed by atoms with Gasteiger partial charge < -0.3 is 5.32 Å². The van der Waals surface area contributed by atoms with Gasteiger partial charge in [-0.15, -0.1) is 0 Å². The number of benzene rings is 2. The molecule has 1 aromatic heterocycles. The van der Waals surface area contributed by atoms with E-state index in [0.717, 1.165) is 25.0 Å². The van der Waals surface area contributed by atoms with Crippen molar-refractivity contribution in [3.8, 4) is 0 Å². The number of hydrogen-bond donors (Lipinski definition) is 1. The Hall–Kier alpha value is -2.87. The highest BCUT2D eigenvalue weighted by molar-refractivity contribution is 6.31. The number of carbonyl (C=O) groups excluding carboxylic acids is 1. The summed E-state index contributed by atoms with van der Waals surface area (Å²) in [5.41, 5.74) is -0.586. The summed E-state index contributed by atoms with van der Waals surface area (Å²) in [5.74, 6) is 0.0265. The summed E-state index contributed by atoms with van der Waals surface area (Å²) in [6.45, 7) is 0. The van der Waals surface area contributed by atoms with E-state index >= 15 is 0 Å². The lowest BCUT2D eigenvalue weighted by atomic mass is 10.1. The number of nitrogens with one attached hydrogen (secondary N) is 1. The molecule has 5 nitrogen and oxygen atoms in total. The topological polar surface area (TPSA) is 64.0 Å². The SMILES string of the molecule is O=C(CCc1nc2ccccc2c(=O)n1C1CC1)Nc1ccc(Cl)c(C(F)(F)F)c1. The minimum absolute atomic E-state index is 0.00257. The average molecular weight is 436 g/mol. The number of hydrogen-bond acceptors (Lipinski definition) is 3. The van der Waals surface area contributed by atoms with Crippen LogP contribution in [0.1, 0.15) is 36.7 Å². The molecule has 1 heterocycles. The van der Waals surface area contributed by atoms with Gasteiger partial charge in [-0.1, -0.05) is 23.7 Å². The number of anilines is 1. The molecular weight excluding hydrogens is 419 g/mol. The van der Waals surface area contributed by atoms with Crippen LogP contribution in [-0.2, 0) is 17.4 Å². The van der Waals surface area contributed by atoms with E-state index in [1.165, 1.54) is 6.07 Å². The number of aryl methyl sites for hydroxylation is 1. The predicted molar refractivity (Wildman–Crippen MR) is 108 cm³/mol. The van der Waals surface area contributed by atoms with Crippen LogP contribution in [0.2, 0.25) is 5.02 Å². The highest BCUT2D eigenvalue weighted by atomic mass is 35.5. The number of halogens is 4. The molecule has 30 heavy (non-hydrogen) atoms. The van der Waals surface area contributed by atoms with E-state index < -0.39 is 22.7 Å². The molecule has 0 radical (unpaired) electrons. The molecule has 2 aromatic carbocycles. The summed E-state index contributed by atoms with van der Waals surface area (Å²) in [5, 5.41) is 2.55. The van der Waals surface area contributed by atoms with E-state index in [1.54, 1.807) is 28.8 Å². The van der Waals surface area contributed by atoms with E-state index in [2.05, 4.69) is 10.3 Å². The molecular formula is C21H17ClF3N3O2. The lowest BCUT2D eigenvalue weighted by Crippen LogP contribution is -2.25. The Morgan fingerprint density at radius 3 is 2.63 bits per heavy atom. The molecule has 4 rings (SSSR count). The van der Waals surface area contributed by atoms with Gasteiger partial charge in [0, 0.05) is 24.6 Å². The quantitative estimate of drug-likeness (QED) is 0.615. The van der Waals surface area contributed by atoms with Crippen molar-refractivity contribution in [3.05, 3.63) is 69.2 Å². The third-order valence-electron chi connectivity index (χ3n) is 4.92. The predicted octanol–water partition coefficient (Wildman–Crippen LogP) is 4.97. The smallest absolute Gasteiger partial charge is 0.326 e. The Morgan fingerprint density at radius 2 is 1.93 bits per heavy atom. The van der Waals surface area contributed by atoms with Crippen LogP contribution in [0, 0.1) is 0 Å². The molecule has 3 aromatic rings. The summed E-state index contributed by atoms with van der Waals surface area (Å²) in [4.78, 5) is 29.7. The molecule has 1 N–H and O–H groups in total. The van der Waals surface area contributed by atoms with Crippen molar-refractivity contribution in [2.75, 3.05) is 5.32 Å². The van der Waals surface area contributed by atoms with Gasteiger partial charge in [0.15, 0.2) is 0 Å². The molecule has 1 aliphatic rings. The standard InChI is InChI=1S/C21H17ClF3N3O2/c22-16-8-5-12(11-15(16)21(23,24)25)26-19(29)10-9-18-27-17-4-2-1-3-14(17)20(30)28(18)13-6-7-13/h1-5,8,11,13H,6-7,9-10H2,(H,26,29). The molecule has 1 saturated carbocycles. The Kier molecular flexibility index (Phi) is 5.27. The minimum Gasteiger partial charge on any atom is -0.326 e. The molecule has 0 atom stereocenters. The number of aromatic nitrogens is 2. The monoisotopic (exact) mass is 435 g/mol. The molecule has 0 aliphatic heterocycles. The second-order valence-corrected chi connectivity index (χ2v) is 7.60. The maximum atomic E-state index is 13.0. The molecule has 9 heteroatoms. The fourth-order valence-corrected chi connectivity index (χ4v) is 3.57. The summed E-state index contributed by atoms with van der Waals surface area (Å²) in [7, 11) is 0. The maximum absolute atomic E-state index is 13.0. The van der Waals surface area contributed by atoms with Gasteiger partial charge in [-0.3, -0.25) is 14.2 Å². The zero-order valence-electron chi connectivity index (χ0n) is 15.7. The highest BCUT2D eigenvalue weighted by Crippen LogP contribution is 2.36. The first kappa shape index (κ1) is 20.4. The van der Waals surface area contributed by atoms with Crippen molar-refractivity contribution >= 4 is 34.1 Å². The third kappa shape index (κ3) is 4.18. The summed E-state index contributed by atoms with van der Waals surface area (Å²) in [6.07, 6.45) is -2.69. The zero-order valence-corrected chi connectivity index (χ0v) is 16.4. The second kappa shape index (κ2) is 7.75. The van der Waals surface area contributed by atoms with Crippen molar-refractivity contribution < 1.29 is 18.0 Å². The van der Waals surface area contributed by atoms with E-state index in [-0.39, 0.29) is 30.1 Å². The van der Waals surface area contributed by atoms with Gasteiger partial charge in [0.2, 0.25) is 5.91 Å². The molecule has 0 spiro atoms. The highest BCUT2D eigenvalue weighted by Gasteiger charge is 2.33. The number of fused-ring (bicyclic) bond motifs is 1. The number of rotatable bonds is 5. The minimum atomic E-state index is -4.62. The number of alkyl halides is 3. The summed E-state index contributed by atoms with van der Waals surface area (Å²) < 4.78 is 40.6. The van der Waals surface area contributed by atoms with Gasteiger partial charge in [-0.2, -0.15) is 13.2 Å². The van der Waals surface area contributed by atoms with Crippen LogP contribution in [0.25, 0.3) is 10.9 Å². The first-order chi connectivity index (χ1) is 14.2. The van der Waals surface area contributed by atoms with Gasteiger partial charge in [0.1, 0.15) is 5.82 Å². The molecule has 1 amide bonds. The third-order valence-corrected chi connectivity index (χ3v) is 5.25. The summed E-state index contributed by atoms with van der Waals surface area (Å²) >= 11 is 5.60. The average Bonchev–Trinajstić information content (AvgIpc) is 3.52. The number of carbonyl (C=O) groups is 1. The van der Waals surface area contributed by atoms with E-state index in [0.29, 0.717) is 16.7 Å². The number of nitrogens with zero attached hydrogens (tertiary/aromatic N) is 2. The second-order valence-electron chi connectivity index (χ2n) is 7.19. The van der Waals surface area contributed by atoms with Crippen LogP contribution < -0.4 is 10.9 Å². The van der Waals surface area contributed by atoms with E-state index in [4.69, 9.17) is 11.6 Å². The molecule has 0 bridgehead atoms. The van der Waals surface area contributed by atoms with Crippen LogP contribution in [-0.4, -0.2) is 15.5 Å². The van der Waals surface area contributed by atoms with E-state index in [9.17, 15) is 22.8 Å². The van der Waals surface area contributed by atoms with Crippen molar-refractivity contribution in [3.63, 3.8) is 0 Å². The fraction of sp³-hybridized carbons (Fsp3) is 0.286. The van der Waals surface area contributed by atoms with Crippen LogP contribution in [0.5, 0.6) is 0 Å². The zero-order chi connectivity index (χ0) is 21.5. The van der Waals surface area contributed by atoms with Crippen molar-refractivity contribution in [1.29, 1.82) is 0 Å². The molecule has 1 aliphatic carbocycles. The largest absolute Gasteiger partial charge is 0.417 e. The Balaban J connectivity index is 1.53. The first-order valence-electron chi connectivity index (χ1n) is 9.41. The molecule has 0 saturated heterocycles. The summed E-state index contributed by atoms with van der Waals surface area (Å²) in [6, 6.07) is 10.3. The van der Waals surface area contributed by atoms with Gasteiger partial charge in [-0.05, 0) is 43.2 Å². The van der Waals surface area contributed by atoms with E-state index in [1.807, 2.05) is 0 Å².